The Kier molecular flexibility index (Phi) is 3.44. The molecular weight excluding hydrogens is 286 g/mol. The summed E-state index contributed by atoms with van der Waals surface area (Å²) in [7, 11) is 0. The molecule has 0 fully saturated rings. The number of hydrogen-bond donors (Lipinski definition) is 1. The number of carbonyl (C=O) groups excluding carboxylic acids is 1. The number of thioether (sulfide) groups is 1. The normalized spacial score (nSPS) is 14.6. The van der Waals surface area contributed by atoms with Gasteiger partial charge in [-0.25, -0.2) is 4.98 Å². The number of nitrogens with zero attached hydrogens (tertiary/aromatic N) is 2. The number of thiazole rings is 1. The highest BCUT2D eigenvalue weighted by Gasteiger charge is 2.16. The molecule has 7 heteroatoms. The van der Waals surface area contributed by atoms with Gasteiger partial charge in [0.25, 0.3) is 5.91 Å². The summed E-state index contributed by atoms with van der Waals surface area (Å²) in [4.78, 5) is 21.5. The van der Waals surface area contributed by atoms with Gasteiger partial charge >= 0.3 is 0 Å². The van der Waals surface area contributed by atoms with Gasteiger partial charge in [-0.3, -0.25) is 15.1 Å². The molecule has 3 rings (SSSR count). The quantitative estimate of drug-likeness (QED) is 0.927. The fourth-order valence-electron chi connectivity index (χ4n) is 1.46. The third kappa shape index (κ3) is 2.47. The molecule has 1 N–H and O–H groups in total. The highest BCUT2D eigenvalue weighted by Crippen LogP contribution is 2.27. The van der Waals surface area contributed by atoms with Crippen LogP contribution in [0.5, 0.6) is 0 Å². The highest BCUT2D eigenvalue weighted by molar-refractivity contribution is 8.14. The van der Waals surface area contributed by atoms with Crippen molar-refractivity contribution in [3.05, 3.63) is 28.6 Å². The van der Waals surface area contributed by atoms with Crippen molar-refractivity contribution in [2.45, 2.75) is 0 Å². The lowest BCUT2D eigenvalue weighted by Crippen LogP contribution is -2.27. The van der Waals surface area contributed by atoms with Crippen molar-refractivity contribution in [3.8, 4) is 9.88 Å². The van der Waals surface area contributed by atoms with Crippen molar-refractivity contribution in [1.82, 2.24) is 10.3 Å². The van der Waals surface area contributed by atoms with Crippen molar-refractivity contribution >= 4 is 45.5 Å². The lowest BCUT2D eigenvalue weighted by molar-refractivity contribution is 0.0974. The Balaban J connectivity index is 1.74. The molecule has 0 saturated carbocycles. The van der Waals surface area contributed by atoms with E-state index >= 15 is 0 Å². The van der Waals surface area contributed by atoms with Crippen molar-refractivity contribution in [2.75, 3.05) is 12.3 Å². The number of hydrogen-bond acceptors (Lipinski definition) is 6. The Morgan fingerprint density at radius 3 is 3.06 bits per heavy atom. The summed E-state index contributed by atoms with van der Waals surface area (Å²) in [5.74, 6) is 0.759. The number of nitrogens with one attached hydrogen (secondary N) is 1. The Bertz CT molecular complexity index is 588. The van der Waals surface area contributed by atoms with Crippen LogP contribution in [0.3, 0.4) is 0 Å². The molecule has 2 aromatic heterocycles. The van der Waals surface area contributed by atoms with Gasteiger partial charge in [0.1, 0.15) is 10.7 Å². The Morgan fingerprint density at radius 2 is 2.33 bits per heavy atom. The maximum Gasteiger partial charge on any atom is 0.276 e. The van der Waals surface area contributed by atoms with Crippen LogP contribution in [0, 0.1) is 0 Å². The minimum atomic E-state index is -0.179. The standard InChI is InChI=1S/C11H9N3OS3/c15-9(14-11-12-3-5-17-11)7-6-18-10(13-7)8-2-1-4-16-8/h1-2,4,6H,3,5H2,(H,12,14,15). The van der Waals surface area contributed by atoms with Crippen LogP contribution in [-0.2, 0) is 0 Å². The number of rotatable bonds is 2. The number of carbonyl (C=O) groups is 1. The van der Waals surface area contributed by atoms with Gasteiger partial charge < -0.3 is 0 Å². The molecule has 1 aliphatic rings. The van der Waals surface area contributed by atoms with E-state index in [1.54, 1.807) is 28.5 Å². The molecule has 4 nitrogen and oxygen atoms in total. The third-order valence-electron chi connectivity index (χ3n) is 2.27. The van der Waals surface area contributed by atoms with E-state index in [2.05, 4.69) is 15.3 Å². The summed E-state index contributed by atoms with van der Waals surface area (Å²) >= 11 is 4.67. The molecule has 0 bridgehead atoms. The van der Waals surface area contributed by atoms with Crippen LogP contribution < -0.4 is 5.32 Å². The summed E-state index contributed by atoms with van der Waals surface area (Å²) in [6.07, 6.45) is 0. The maximum atomic E-state index is 11.9. The molecular formula is C11H9N3OS3. The average Bonchev–Trinajstić information content (AvgIpc) is 3.11. The summed E-state index contributed by atoms with van der Waals surface area (Å²) < 4.78 is 0. The number of amidine groups is 1. The van der Waals surface area contributed by atoms with Crippen molar-refractivity contribution in [1.29, 1.82) is 0 Å². The maximum absolute atomic E-state index is 11.9. The molecule has 1 aliphatic heterocycles. The minimum absolute atomic E-state index is 0.179. The van der Waals surface area contributed by atoms with Gasteiger partial charge in [0, 0.05) is 11.1 Å². The van der Waals surface area contributed by atoms with E-state index in [-0.39, 0.29) is 5.91 Å². The largest absolute Gasteiger partial charge is 0.300 e. The molecule has 3 heterocycles. The number of amides is 1. The predicted molar refractivity (Wildman–Crippen MR) is 77.7 cm³/mol. The second-order valence-corrected chi connectivity index (χ2v) is 6.39. The summed E-state index contributed by atoms with van der Waals surface area (Å²) in [6.45, 7) is 0.776. The van der Waals surface area contributed by atoms with Crippen molar-refractivity contribution in [3.63, 3.8) is 0 Å². The van der Waals surface area contributed by atoms with E-state index < -0.39 is 0 Å². The smallest absolute Gasteiger partial charge is 0.276 e. The van der Waals surface area contributed by atoms with Crippen LogP contribution in [0.1, 0.15) is 10.5 Å². The van der Waals surface area contributed by atoms with Gasteiger partial charge in [-0.05, 0) is 11.4 Å². The van der Waals surface area contributed by atoms with E-state index in [1.165, 1.54) is 11.3 Å². The molecule has 0 aromatic carbocycles. The molecule has 0 unspecified atom stereocenters. The Labute approximate surface area is 116 Å². The van der Waals surface area contributed by atoms with Gasteiger partial charge in [0.15, 0.2) is 5.17 Å². The first kappa shape index (κ1) is 11.9. The first-order valence-corrected chi connectivity index (χ1v) is 8.05. The molecule has 0 radical (unpaired) electrons. The molecule has 0 spiro atoms. The van der Waals surface area contributed by atoms with Crippen LogP contribution in [0.2, 0.25) is 0 Å². The highest BCUT2D eigenvalue weighted by atomic mass is 32.2. The molecule has 0 aliphatic carbocycles. The van der Waals surface area contributed by atoms with Gasteiger partial charge in [0.2, 0.25) is 0 Å². The van der Waals surface area contributed by atoms with E-state index in [0.29, 0.717) is 10.9 Å². The summed E-state index contributed by atoms with van der Waals surface area (Å²) in [6, 6.07) is 3.98. The van der Waals surface area contributed by atoms with Crippen LogP contribution in [-0.4, -0.2) is 28.4 Å². The monoisotopic (exact) mass is 295 g/mol. The predicted octanol–water partition coefficient (Wildman–Crippen LogP) is 2.70. The zero-order valence-corrected chi connectivity index (χ0v) is 11.7. The average molecular weight is 295 g/mol. The lowest BCUT2D eigenvalue weighted by Gasteiger charge is -1.99. The Morgan fingerprint density at radius 1 is 1.39 bits per heavy atom. The molecule has 0 saturated heterocycles. The van der Waals surface area contributed by atoms with Gasteiger partial charge in [-0.2, -0.15) is 0 Å². The molecule has 92 valence electrons. The van der Waals surface area contributed by atoms with Gasteiger partial charge in [-0.15, -0.1) is 22.7 Å². The molecule has 1 amide bonds. The van der Waals surface area contributed by atoms with Crippen LogP contribution in [0.15, 0.2) is 27.9 Å². The molecule has 18 heavy (non-hydrogen) atoms. The number of aromatic nitrogens is 1. The zero-order valence-electron chi connectivity index (χ0n) is 9.25. The zero-order chi connectivity index (χ0) is 12.4. The summed E-state index contributed by atoms with van der Waals surface area (Å²) in [5, 5.41) is 8.14. The molecule has 2 aromatic rings. The fraction of sp³-hybridized carbons (Fsp3) is 0.182. The van der Waals surface area contributed by atoms with E-state index in [1.807, 2.05) is 17.5 Å². The van der Waals surface area contributed by atoms with E-state index in [9.17, 15) is 4.79 Å². The number of aliphatic imine (C=N–C) groups is 1. The summed E-state index contributed by atoms with van der Waals surface area (Å²) in [5.41, 5.74) is 0.457. The third-order valence-corrected chi connectivity index (χ3v) is 5.05. The van der Waals surface area contributed by atoms with Crippen LogP contribution >= 0.6 is 34.4 Å². The van der Waals surface area contributed by atoms with Crippen LogP contribution in [0.4, 0.5) is 0 Å². The van der Waals surface area contributed by atoms with Crippen molar-refractivity contribution in [2.24, 2.45) is 4.99 Å². The van der Waals surface area contributed by atoms with Crippen LogP contribution in [0.25, 0.3) is 9.88 Å². The van der Waals surface area contributed by atoms with E-state index in [0.717, 1.165) is 22.2 Å². The first-order valence-electron chi connectivity index (χ1n) is 5.31. The topological polar surface area (TPSA) is 54.4 Å². The minimum Gasteiger partial charge on any atom is -0.300 e. The Hall–Kier alpha value is -1.18. The second-order valence-electron chi connectivity index (χ2n) is 3.50. The fourth-order valence-corrected chi connectivity index (χ4v) is 3.80. The lowest BCUT2D eigenvalue weighted by atomic mass is 10.4. The van der Waals surface area contributed by atoms with E-state index in [4.69, 9.17) is 0 Å². The second kappa shape index (κ2) is 5.21. The number of thiophene rings is 1. The molecule has 0 atom stereocenters. The van der Waals surface area contributed by atoms with Gasteiger partial charge in [-0.1, -0.05) is 17.8 Å². The van der Waals surface area contributed by atoms with Crippen molar-refractivity contribution < 1.29 is 4.79 Å². The van der Waals surface area contributed by atoms with Gasteiger partial charge in [0.05, 0.1) is 11.4 Å². The SMILES string of the molecule is O=C(NC1=NCCS1)c1csc(-c2cccs2)n1. The first-order chi connectivity index (χ1) is 8.83.